The molecule has 0 aliphatic rings. The van der Waals surface area contributed by atoms with Crippen LogP contribution in [0.2, 0.25) is 0 Å². The van der Waals surface area contributed by atoms with Crippen molar-refractivity contribution in [3.05, 3.63) is 46.8 Å². The Morgan fingerprint density at radius 2 is 2.05 bits per heavy atom. The molecule has 21 heavy (non-hydrogen) atoms. The first-order chi connectivity index (χ1) is 10.0. The van der Waals surface area contributed by atoms with Crippen molar-refractivity contribution in [2.45, 2.75) is 40.8 Å². The lowest BCUT2D eigenvalue weighted by Crippen LogP contribution is -2.28. The molecule has 0 bridgehead atoms. The lowest BCUT2D eigenvalue weighted by Gasteiger charge is -2.08. The highest BCUT2D eigenvalue weighted by Crippen LogP contribution is 2.13. The summed E-state index contributed by atoms with van der Waals surface area (Å²) in [5, 5.41) is 10.2. The summed E-state index contributed by atoms with van der Waals surface area (Å²) in [5.74, 6) is 0. The summed E-state index contributed by atoms with van der Waals surface area (Å²) in [7, 11) is 0. The Morgan fingerprint density at radius 3 is 2.67 bits per heavy atom. The maximum Gasteiger partial charge on any atom is 0.319 e. The molecule has 0 aliphatic heterocycles. The van der Waals surface area contributed by atoms with Crippen LogP contribution in [0, 0.1) is 20.8 Å². The van der Waals surface area contributed by atoms with Crippen molar-refractivity contribution in [1.82, 2.24) is 15.1 Å². The number of aromatic nitrogens is 2. The summed E-state index contributed by atoms with van der Waals surface area (Å²) in [5.41, 5.74) is 5.06. The maximum absolute atomic E-state index is 11.9. The Balaban J connectivity index is 1.97. The van der Waals surface area contributed by atoms with Gasteiger partial charge in [0.05, 0.1) is 5.69 Å². The fourth-order valence-corrected chi connectivity index (χ4v) is 2.36. The summed E-state index contributed by atoms with van der Waals surface area (Å²) in [6.45, 7) is 9.36. The minimum Gasteiger partial charge on any atom is -0.334 e. The van der Waals surface area contributed by atoms with E-state index in [-0.39, 0.29) is 6.03 Å². The molecule has 1 aromatic heterocycles. The van der Waals surface area contributed by atoms with Crippen LogP contribution >= 0.6 is 0 Å². The van der Waals surface area contributed by atoms with Crippen LogP contribution in [0.1, 0.15) is 29.4 Å². The molecule has 0 spiro atoms. The highest BCUT2D eigenvalue weighted by atomic mass is 16.2. The van der Waals surface area contributed by atoms with Gasteiger partial charge in [0.15, 0.2) is 0 Å². The van der Waals surface area contributed by atoms with E-state index in [1.807, 2.05) is 49.7 Å². The molecular formula is C16H22N4O. The first-order valence-corrected chi connectivity index (χ1v) is 7.15. The van der Waals surface area contributed by atoms with Crippen molar-refractivity contribution in [3.8, 4) is 0 Å². The van der Waals surface area contributed by atoms with Gasteiger partial charge in [0.25, 0.3) is 0 Å². The van der Waals surface area contributed by atoms with Gasteiger partial charge < -0.3 is 10.6 Å². The third-order valence-electron chi connectivity index (χ3n) is 3.53. The number of carbonyl (C=O) groups excluding carboxylic acids is 1. The molecule has 2 amide bonds. The van der Waals surface area contributed by atoms with Crippen molar-refractivity contribution in [2.24, 2.45) is 0 Å². The van der Waals surface area contributed by atoms with Crippen LogP contribution in [0.25, 0.3) is 0 Å². The number of hydrogen-bond acceptors (Lipinski definition) is 2. The summed E-state index contributed by atoms with van der Waals surface area (Å²) in [6, 6.07) is 7.52. The van der Waals surface area contributed by atoms with Crippen LogP contribution in [0.5, 0.6) is 0 Å². The standard InChI is InChI=1S/C16H22N4O/c1-5-20-13(4)15(12(3)19-20)10-17-16(21)18-14-8-6-7-11(2)9-14/h6-9H,5,10H2,1-4H3,(H2,17,18,21). The number of urea groups is 1. The van der Waals surface area contributed by atoms with E-state index in [4.69, 9.17) is 0 Å². The molecule has 5 nitrogen and oxygen atoms in total. The predicted molar refractivity (Wildman–Crippen MR) is 84.4 cm³/mol. The van der Waals surface area contributed by atoms with E-state index in [0.717, 1.165) is 34.7 Å². The number of hydrogen-bond donors (Lipinski definition) is 2. The number of rotatable bonds is 4. The second-order valence-corrected chi connectivity index (χ2v) is 5.14. The molecule has 5 heteroatoms. The topological polar surface area (TPSA) is 59.0 Å². The van der Waals surface area contributed by atoms with Gasteiger partial charge in [0, 0.05) is 30.0 Å². The Hall–Kier alpha value is -2.30. The molecular weight excluding hydrogens is 264 g/mol. The first kappa shape index (κ1) is 15.1. The molecule has 0 saturated carbocycles. The van der Waals surface area contributed by atoms with Crippen molar-refractivity contribution in [2.75, 3.05) is 5.32 Å². The first-order valence-electron chi connectivity index (χ1n) is 7.15. The van der Waals surface area contributed by atoms with Crippen LogP contribution in [-0.4, -0.2) is 15.8 Å². The molecule has 2 aromatic rings. The summed E-state index contributed by atoms with van der Waals surface area (Å²) >= 11 is 0. The minimum absolute atomic E-state index is 0.205. The highest BCUT2D eigenvalue weighted by Gasteiger charge is 2.11. The van der Waals surface area contributed by atoms with Gasteiger partial charge in [-0.1, -0.05) is 12.1 Å². The van der Waals surface area contributed by atoms with E-state index >= 15 is 0 Å². The van der Waals surface area contributed by atoms with E-state index in [2.05, 4.69) is 22.7 Å². The average molecular weight is 286 g/mol. The fraction of sp³-hybridized carbons (Fsp3) is 0.375. The summed E-state index contributed by atoms with van der Waals surface area (Å²) in [4.78, 5) is 11.9. The van der Waals surface area contributed by atoms with Crippen LogP contribution in [0.4, 0.5) is 10.5 Å². The molecule has 0 atom stereocenters. The smallest absolute Gasteiger partial charge is 0.319 e. The predicted octanol–water partition coefficient (Wildman–Crippen LogP) is 3.15. The Labute approximate surface area is 125 Å². The molecule has 1 aromatic carbocycles. The van der Waals surface area contributed by atoms with Gasteiger partial charge in [-0.25, -0.2) is 4.79 Å². The fourth-order valence-electron chi connectivity index (χ4n) is 2.36. The molecule has 0 unspecified atom stereocenters. The van der Waals surface area contributed by atoms with Gasteiger partial charge in [0.1, 0.15) is 0 Å². The highest BCUT2D eigenvalue weighted by molar-refractivity contribution is 5.89. The molecule has 0 fully saturated rings. The van der Waals surface area contributed by atoms with E-state index in [0.29, 0.717) is 6.54 Å². The second kappa shape index (κ2) is 6.43. The van der Waals surface area contributed by atoms with Gasteiger partial charge in [-0.15, -0.1) is 0 Å². The van der Waals surface area contributed by atoms with Crippen LogP contribution in [-0.2, 0) is 13.1 Å². The third kappa shape index (κ3) is 3.62. The zero-order valence-corrected chi connectivity index (χ0v) is 13.0. The Bertz CT molecular complexity index is 646. The molecule has 0 radical (unpaired) electrons. The van der Waals surface area contributed by atoms with E-state index in [1.54, 1.807) is 0 Å². The lowest BCUT2D eigenvalue weighted by atomic mass is 10.2. The zero-order valence-electron chi connectivity index (χ0n) is 13.0. The number of benzene rings is 1. The lowest BCUT2D eigenvalue weighted by molar-refractivity contribution is 0.251. The Kier molecular flexibility index (Phi) is 4.62. The third-order valence-corrected chi connectivity index (χ3v) is 3.53. The van der Waals surface area contributed by atoms with Crippen LogP contribution in [0.15, 0.2) is 24.3 Å². The van der Waals surface area contributed by atoms with Gasteiger partial charge >= 0.3 is 6.03 Å². The number of amides is 2. The number of nitrogens with zero attached hydrogens (tertiary/aromatic N) is 2. The largest absolute Gasteiger partial charge is 0.334 e. The van der Waals surface area contributed by atoms with Gasteiger partial charge in [-0.2, -0.15) is 5.10 Å². The molecule has 0 saturated heterocycles. The number of aryl methyl sites for hydroxylation is 3. The van der Waals surface area contributed by atoms with E-state index < -0.39 is 0 Å². The minimum atomic E-state index is -0.205. The van der Waals surface area contributed by atoms with Crippen molar-refractivity contribution >= 4 is 11.7 Å². The van der Waals surface area contributed by atoms with Gasteiger partial charge in [0.2, 0.25) is 0 Å². The van der Waals surface area contributed by atoms with Gasteiger partial charge in [-0.3, -0.25) is 4.68 Å². The van der Waals surface area contributed by atoms with Gasteiger partial charge in [-0.05, 0) is 45.4 Å². The number of nitrogens with one attached hydrogen (secondary N) is 2. The van der Waals surface area contributed by atoms with Crippen molar-refractivity contribution in [1.29, 1.82) is 0 Å². The van der Waals surface area contributed by atoms with E-state index in [9.17, 15) is 4.79 Å². The normalized spacial score (nSPS) is 10.5. The maximum atomic E-state index is 11.9. The second-order valence-electron chi connectivity index (χ2n) is 5.14. The molecule has 0 aliphatic carbocycles. The zero-order chi connectivity index (χ0) is 15.4. The number of anilines is 1. The molecule has 2 N–H and O–H groups in total. The average Bonchev–Trinajstić information content (AvgIpc) is 2.71. The molecule has 1 heterocycles. The summed E-state index contributed by atoms with van der Waals surface area (Å²) in [6.07, 6.45) is 0. The van der Waals surface area contributed by atoms with Crippen molar-refractivity contribution in [3.63, 3.8) is 0 Å². The molecule has 2 rings (SSSR count). The summed E-state index contributed by atoms with van der Waals surface area (Å²) < 4.78 is 1.95. The Morgan fingerprint density at radius 1 is 1.29 bits per heavy atom. The number of carbonyl (C=O) groups is 1. The van der Waals surface area contributed by atoms with Crippen LogP contribution in [0.3, 0.4) is 0 Å². The van der Waals surface area contributed by atoms with Crippen molar-refractivity contribution < 1.29 is 4.79 Å². The van der Waals surface area contributed by atoms with Crippen LogP contribution < -0.4 is 10.6 Å². The molecule has 112 valence electrons. The van der Waals surface area contributed by atoms with E-state index in [1.165, 1.54) is 0 Å². The SMILES string of the molecule is CCn1nc(C)c(CNC(=O)Nc2cccc(C)c2)c1C. The quantitative estimate of drug-likeness (QED) is 0.907. The monoisotopic (exact) mass is 286 g/mol.